The molecule has 0 heterocycles. The zero-order valence-electron chi connectivity index (χ0n) is 7.63. The molecule has 3 heteroatoms. The second kappa shape index (κ2) is 6.32. The van der Waals surface area contributed by atoms with Crippen molar-refractivity contribution in [3.05, 3.63) is 0 Å². The number of carbonyl (C=O) groups excluding carboxylic acids is 1. The molecule has 0 aromatic heterocycles. The standard InChI is InChI=1S/C8H17NOSi/c1-8(2)4-5-11(3)7-9-6-10/h8,11H,4-5,7H2,1-3H3. The Labute approximate surface area is 70.3 Å². The number of hydrogen-bond acceptors (Lipinski definition) is 2. The van der Waals surface area contributed by atoms with E-state index in [1.165, 1.54) is 12.5 Å². The van der Waals surface area contributed by atoms with E-state index in [-0.39, 0.29) is 0 Å². The quantitative estimate of drug-likeness (QED) is 0.352. The molecule has 0 amide bonds. The first-order valence-electron chi connectivity index (χ1n) is 4.20. The minimum Gasteiger partial charge on any atom is -0.211 e. The van der Waals surface area contributed by atoms with Gasteiger partial charge in [-0.3, -0.25) is 0 Å². The fraction of sp³-hybridized carbons (Fsp3) is 0.875. The normalized spacial score (nSPS) is 12.7. The zero-order valence-corrected chi connectivity index (χ0v) is 8.79. The molecular formula is C8H17NOSi. The lowest BCUT2D eigenvalue weighted by molar-refractivity contribution is 0.564. The summed E-state index contributed by atoms with van der Waals surface area (Å²) >= 11 is 0. The molecule has 11 heavy (non-hydrogen) atoms. The number of nitrogens with zero attached hydrogens (tertiary/aromatic N) is 1. The highest BCUT2D eigenvalue weighted by Crippen LogP contribution is 2.07. The highest BCUT2D eigenvalue weighted by atomic mass is 28.3. The minimum atomic E-state index is -0.705. The molecular weight excluding hydrogens is 154 g/mol. The van der Waals surface area contributed by atoms with Crippen LogP contribution in [0.15, 0.2) is 4.99 Å². The second-order valence-electron chi connectivity index (χ2n) is 3.51. The van der Waals surface area contributed by atoms with Crippen LogP contribution in [0, 0.1) is 5.92 Å². The summed E-state index contributed by atoms with van der Waals surface area (Å²) in [4.78, 5) is 13.4. The molecule has 1 atom stereocenters. The Hall–Kier alpha value is -0.403. The summed E-state index contributed by atoms with van der Waals surface area (Å²) in [5.41, 5.74) is 0. The fourth-order valence-electron chi connectivity index (χ4n) is 0.902. The van der Waals surface area contributed by atoms with E-state index in [0.29, 0.717) is 0 Å². The lowest BCUT2D eigenvalue weighted by atomic mass is 10.2. The van der Waals surface area contributed by atoms with Crippen LogP contribution in [0.2, 0.25) is 12.6 Å². The number of hydrogen-bond donors (Lipinski definition) is 0. The summed E-state index contributed by atoms with van der Waals surface area (Å²) in [7, 11) is -0.705. The van der Waals surface area contributed by atoms with E-state index in [0.717, 1.165) is 12.1 Å². The first-order chi connectivity index (χ1) is 5.16. The first kappa shape index (κ1) is 10.6. The van der Waals surface area contributed by atoms with E-state index < -0.39 is 8.80 Å². The fourth-order valence-corrected chi connectivity index (χ4v) is 2.71. The Morgan fingerprint density at radius 2 is 2.18 bits per heavy atom. The Morgan fingerprint density at radius 3 is 2.64 bits per heavy atom. The predicted molar refractivity (Wildman–Crippen MR) is 50.3 cm³/mol. The minimum absolute atomic E-state index is 0.705. The van der Waals surface area contributed by atoms with E-state index in [1.54, 1.807) is 6.08 Å². The van der Waals surface area contributed by atoms with Crippen molar-refractivity contribution < 1.29 is 4.79 Å². The molecule has 0 aliphatic heterocycles. The smallest absolute Gasteiger partial charge is 0.211 e. The van der Waals surface area contributed by atoms with Crippen LogP contribution >= 0.6 is 0 Å². The van der Waals surface area contributed by atoms with Crippen LogP contribution in [-0.4, -0.2) is 21.0 Å². The Morgan fingerprint density at radius 1 is 1.55 bits per heavy atom. The molecule has 0 fully saturated rings. The van der Waals surface area contributed by atoms with Crippen molar-refractivity contribution in [3.63, 3.8) is 0 Å². The molecule has 0 spiro atoms. The lowest BCUT2D eigenvalue weighted by Crippen LogP contribution is -2.12. The number of rotatable bonds is 5. The molecule has 0 radical (unpaired) electrons. The van der Waals surface area contributed by atoms with E-state index >= 15 is 0 Å². The molecule has 0 rings (SSSR count). The van der Waals surface area contributed by atoms with Gasteiger partial charge < -0.3 is 0 Å². The average molecular weight is 171 g/mol. The van der Waals surface area contributed by atoms with Gasteiger partial charge in [0.15, 0.2) is 0 Å². The van der Waals surface area contributed by atoms with Crippen LogP contribution in [-0.2, 0) is 4.79 Å². The largest absolute Gasteiger partial charge is 0.234 e. The van der Waals surface area contributed by atoms with Crippen LogP contribution in [0.3, 0.4) is 0 Å². The monoisotopic (exact) mass is 171 g/mol. The summed E-state index contributed by atoms with van der Waals surface area (Å²) < 4.78 is 0. The van der Waals surface area contributed by atoms with E-state index in [1.807, 2.05) is 0 Å². The zero-order chi connectivity index (χ0) is 8.69. The van der Waals surface area contributed by atoms with Gasteiger partial charge in [-0.25, -0.2) is 9.79 Å². The topological polar surface area (TPSA) is 29.4 Å². The van der Waals surface area contributed by atoms with Crippen LogP contribution in [0.4, 0.5) is 0 Å². The lowest BCUT2D eigenvalue weighted by Gasteiger charge is -2.07. The third kappa shape index (κ3) is 7.49. The van der Waals surface area contributed by atoms with Crippen molar-refractivity contribution in [2.75, 3.05) is 6.17 Å². The van der Waals surface area contributed by atoms with Crippen LogP contribution < -0.4 is 0 Å². The Bertz CT molecular complexity index is 141. The molecule has 0 bridgehead atoms. The van der Waals surface area contributed by atoms with Gasteiger partial charge in [0.05, 0.1) is 8.80 Å². The molecule has 0 aromatic rings. The van der Waals surface area contributed by atoms with Crippen molar-refractivity contribution >= 4 is 14.9 Å². The molecule has 0 aliphatic rings. The van der Waals surface area contributed by atoms with Gasteiger partial charge in [-0.2, -0.15) is 0 Å². The summed E-state index contributed by atoms with van der Waals surface area (Å²) in [5, 5.41) is 0. The highest BCUT2D eigenvalue weighted by Gasteiger charge is 2.03. The molecule has 0 aromatic carbocycles. The van der Waals surface area contributed by atoms with Crippen LogP contribution in [0.25, 0.3) is 0 Å². The van der Waals surface area contributed by atoms with Gasteiger partial charge in [-0.15, -0.1) is 0 Å². The van der Waals surface area contributed by atoms with Crippen LogP contribution in [0.5, 0.6) is 0 Å². The second-order valence-corrected chi connectivity index (χ2v) is 6.66. The molecule has 2 nitrogen and oxygen atoms in total. The van der Waals surface area contributed by atoms with E-state index in [9.17, 15) is 4.79 Å². The maximum Gasteiger partial charge on any atom is 0.234 e. The van der Waals surface area contributed by atoms with Crippen molar-refractivity contribution in [2.24, 2.45) is 10.9 Å². The van der Waals surface area contributed by atoms with E-state index in [2.05, 4.69) is 25.4 Å². The molecule has 0 N–H and O–H groups in total. The number of aliphatic imine (C=N–C) groups is 1. The van der Waals surface area contributed by atoms with Crippen molar-refractivity contribution in [1.29, 1.82) is 0 Å². The van der Waals surface area contributed by atoms with Gasteiger partial charge in [0.2, 0.25) is 6.08 Å². The van der Waals surface area contributed by atoms with Gasteiger partial charge >= 0.3 is 0 Å². The molecule has 1 unspecified atom stereocenters. The summed E-state index contributed by atoms with van der Waals surface area (Å²) in [6.07, 6.45) is 3.65. The number of isocyanates is 1. The summed E-state index contributed by atoms with van der Waals surface area (Å²) in [5.74, 6) is 0.783. The Balaban J connectivity index is 3.36. The van der Waals surface area contributed by atoms with Crippen molar-refractivity contribution in [1.82, 2.24) is 0 Å². The summed E-state index contributed by atoms with van der Waals surface area (Å²) in [6.45, 7) is 6.71. The first-order valence-corrected chi connectivity index (χ1v) is 6.99. The predicted octanol–water partition coefficient (Wildman–Crippen LogP) is 1.76. The molecule has 0 aliphatic carbocycles. The highest BCUT2D eigenvalue weighted by molar-refractivity contribution is 6.57. The third-order valence-corrected chi connectivity index (χ3v) is 3.83. The Kier molecular flexibility index (Phi) is 6.08. The van der Waals surface area contributed by atoms with E-state index in [4.69, 9.17) is 0 Å². The molecule has 0 saturated carbocycles. The molecule has 64 valence electrons. The van der Waals surface area contributed by atoms with Crippen LogP contribution in [0.1, 0.15) is 20.3 Å². The third-order valence-electron chi connectivity index (χ3n) is 1.70. The van der Waals surface area contributed by atoms with Crippen molar-refractivity contribution in [2.45, 2.75) is 32.9 Å². The maximum absolute atomic E-state index is 9.78. The van der Waals surface area contributed by atoms with Gasteiger partial charge in [-0.05, 0) is 5.92 Å². The molecule has 0 saturated heterocycles. The average Bonchev–Trinajstić information content (AvgIpc) is 1.97. The summed E-state index contributed by atoms with van der Waals surface area (Å²) in [6, 6.07) is 1.29. The SMILES string of the molecule is CC(C)CC[SiH](C)CN=C=O. The van der Waals surface area contributed by atoms with Gasteiger partial charge in [-0.1, -0.05) is 32.9 Å². The van der Waals surface area contributed by atoms with Gasteiger partial charge in [0.25, 0.3) is 0 Å². The van der Waals surface area contributed by atoms with Gasteiger partial charge in [0.1, 0.15) is 0 Å². The van der Waals surface area contributed by atoms with Crippen molar-refractivity contribution in [3.8, 4) is 0 Å². The van der Waals surface area contributed by atoms with Gasteiger partial charge in [0, 0.05) is 6.17 Å². The maximum atomic E-state index is 9.78.